The summed E-state index contributed by atoms with van der Waals surface area (Å²) >= 11 is 0. The summed E-state index contributed by atoms with van der Waals surface area (Å²) in [6, 6.07) is 9.03. The molecule has 0 aromatic heterocycles. The molecule has 0 bridgehead atoms. The Bertz CT molecular complexity index is 945. The lowest BCUT2D eigenvalue weighted by atomic mass is 9.75. The molecule has 3 atom stereocenters. The van der Waals surface area contributed by atoms with Gasteiger partial charge in [-0.25, -0.2) is 17.6 Å². The lowest BCUT2D eigenvalue weighted by Crippen LogP contribution is -2.24. The highest BCUT2D eigenvalue weighted by Gasteiger charge is 2.31. The summed E-state index contributed by atoms with van der Waals surface area (Å²) in [5.74, 6) is -3.17. The summed E-state index contributed by atoms with van der Waals surface area (Å²) in [7, 11) is 0. The van der Waals surface area contributed by atoms with Crippen LogP contribution in [0.25, 0.3) is 5.57 Å². The van der Waals surface area contributed by atoms with E-state index in [0.717, 1.165) is 42.0 Å². The number of halogens is 4. The van der Waals surface area contributed by atoms with Crippen molar-refractivity contribution in [2.45, 2.75) is 76.8 Å². The molecule has 0 spiro atoms. The van der Waals surface area contributed by atoms with Crippen molar-refractivity contribution in [3.8, 4) is 0 Å². The molecule has 0 heterocycles. The summed E-state index contributed by atoms with van der Waals surface area (Å²) in [6.07, 6.45) is 9.07. The quantitative estimate of drug-likeness (QED) is 0.247. The van der Waals surface area contributed by atoms with E-state index in [-0.39, 0.29) is 17.9 Å². The van der Waals surface area contributed by atoms with E-state index < -0.39 is 23.6 Å². The molecular weight excluding hydrogens is 400 g/mol. The Kier molecular flexibility index (Phi) is 6.83. The van der Waals surface area contributed by atoms with E-state index in [2.05, 4.69) is 6.92 Å². The van der Waals surface area contributed by atoms with Crippen LogP contribution >= 0.6 is 0 Å². The number of allylic oxidation sites excluding steroid dienone is 2. The van der Waals surface area contributed by atoms with Gasteiger partial charge in [0.05, 0.1) is 0 Å². The molecule has 2 aromatic carbocycles. The average molecular weight is 431 g/mol. The van der Waals surface area contributed by atoms with Gasteiger partial charge >= 0.3 is 0 Å². The first-order valence-corrected chi connectivity index (χ1v) is 11.6. The Morgan fingerprint density at radius 2 is 1.74 bits per heavy atom. The van der Waals surface area contributed by atoms with Gasteiger partial charge in [0, 0.05) is 5.92 Å². The van der Waals surface area contributed by atoms with Crippen molar-refractivity contribution in [1.29, 1.82) is 0 Å². The first-order chi connectivity index (χ1) is 15.0. The summed E-state index contributed by atoms with van der Waals surface area (Å²) in [5, 5.41) is 0. The lowest BCUT2D eigenvalue weighted by molar-refractivity contribution is 0.162. The van der Waals surface area contributed by atoms with Gasteiger partial charge in [-0.3, -0.25) is 0 Å². The Morgan fingerprint density at radius 1 is 0.968 bits per heavy atom. The highest BCUT2D eigenvalue weighted by molar-refractivity contribution is 5.70. The summed E-state index contributed by atoms with van der Waals surface area (Å²) in [6.45, 7) is 2.19. The van der Waals surface area contributed by atoms with Gasteiger partial charge in [0.25, 0.3) is 0 Å². The van der Waals surface area contributed by atoms with Gasteiger partial charge in [0.1, 0.15) is 6.17 Å². The van der Waals surface area contributed by atoms with E-state index >= 15 is 0 Å². The molecule has 1 fully saturated rings. The van der Waals surface area contributed by atoms with Crippen LogP contribution in [0.2, 0.25) is 0 Å². The van der Waals surface area contributed by atoms with Crippen molar-refractivity contribution in [2.75, 3.05) is 0 Å². The predicted octanol–water partition coefficient (Wildman–Crippen LogP) is 8.09. The number of hydrogen-bond donors (Lipinski definition) is 0. The minimum absolute atomic E-state index is 0.0521. The standard InChI is InChI=1S/C27H30F4/c1-2-3-4-5-17-6-12-22(24(28)14-17)19-9-7-18(8-10-19)20-11-13-23-21(15-20)16-25(29)27(31)26(23)30/h7-11,16-17,22,24H,2-6,12-15H2,1H3. The van der Waals surface area contributed by atoms with Crippen molar-refractivity contribution < 1.29 is 17.6 Å². The molecule has 0 amide bonds. The average Bonchev–Trinajstić information content (AvgIpc) is 2.78. The van der Waals surface area contributed by atoms with Crippen LogP contribution in [0.1, 0.15) is 80.0 Å². The van der Waals surface area contributed by atoms with Gasteiger partial charge in [0.2, 0.25) is 0 Å². The van der Waals surface area contributed by atoms with E-state index in [1.165, 1.54) is 19.3 Å². The highest BCUT2D eigenvalue weighted by atomic mass is 19.2. The maximum atomic E-state index is 14.9. The minimum atomic E-state index is -1.40. The molecule has 0 aliphatic heterocycles. The van der Waals surface area contributed by atoms with Crippen LogP contribution in [0.15, 0.2) is 36.4 Å². The van der Waals surface area contributed by atoms with Gasteiger partial charge < -0.3 is 0 Å². The van der Waals surface area contributed by atoms with Crippen LogP contribution in [-0.4, -0.2) is 6.17 Å². The number of alkyl halides is 1. The Morgan fingerprint density at radius 3 is 2.45 bits per heavy atom. The van der Waals surface area contributed by atoms with Crippen molar-refractivity contribution in [3.63, 3.8) is 0 Å². The second-order valence-corrected chi connectivity index (χ2v) is 9.15. The van der Waals surface area contributed by atoms with E-state index in [4.69, 9.17) is 0 Å². The topological polar surface area (TPSA) is 0 Å². The second-order valence-electron chi connectivity index (χ2n) is 9.15. The third-order valence-corrected chi connectivity index (χ3v) is 7.10. The van der Waals surface area contributed by atoms with E-state index in [1.807, 2.05) is 30.3 Å². The molecule has 2 aliphatic rings. The number of benzene rings is 2. The number of rotatable bonds is 6. The lowest BCUT2D eigenvalue weighted by Gasteiger charge is -2.32. The maximum absolute atomic E-state index is 14.9. The van der Waals surface area contributed by atoms with Crippen LogP contribution < -0.4 is 0 Å². The van der Waals surface area contributed by atoms with Crippen LogP contribution in [0.5, 0.6) is 0 Å². The Balaban J connectivity index is 1.42. The molecule has 166 valence electrons. The van der Waals surface area contributed by atoms with Crippen molar-refractivity contribution >= 4 is 5.57 Å². The number of hydrogen-bond acceptors (Lipinski definition) is 0. The Hall–Kier alpha value is -2.10. The maximum Gasteiger partial charge on any atom is 0.194 e. The Labute approximate surface area is 182 Å². The van der Waals surface area contributed by atoms with Crippen LogP contribution in [0, 0.1) is 23.4 Å². The summed E-state index contributed by atoms with van der Waals surface area (Å²) < 4.78 is 56.0. The number of fused-ring (bicyclic) bond motifs is 1. The molecule has 4 heteroatoms. The molecule has 0 N–H and O–H groups in total. The molecule has 1 saturated carbocycles. The van der Waals surface area contributed by atoms with E-state index in [0.29, 0.717) is 24.3 Å². The molecule has 0 nitrogen and oxygen atoms in total. The third kappa shape index (κ3) is 4.73. The van der Waals surface area contributed by atoms with Gasteiger partial charge in [-0.15, -0.1) is 0 Å². The largest absolute Gasteiger partial charge is 0.247 e. The first kappa shape index (κ1) is 22.1. The highest BCUT2D eigenvalue weighted by Crippen LogP contribution is 2.40. The normalized spacial score (nSPS) is 23.4. The van der Waals surface area contributed by atoms with Gasteiger partial charge in [-0.05, 0) is 71.9 Å². The summed E-state index contributed by atoms with van der Waals surface area (Å²) in [5.41, 5.74) is 3.67. The molecular formula is C27H30F4. The molecule has 3 unspecified atom stereocenters. The van der Waals surface area contributed by atoms with Crippen LogP contribution in [-0.2, 0) is 12.8 Å². The second kappa shape index (κ2) is 9.58. The number of unbranched alkanes of at least 4 members (excludes halogenated alkanes) is 2. The molecule has 2 aliphatic carbocycles. The SMILES string of the molecule is CCCCCC1CCC(c2ccc(C3=CCc4c(cc(F)c(F)c4F)C3)cc2)C(F)C1. The zero-order valence-electron chi connectivity index (χ0n) is 18.1. The van der Waals surface area contributed by atoms with Gasteiger partial charge in [0.15, 0.2) is 17.5 Å². The fraction of sp³-hybridized carbons (Fsp3) is 0.481. The summed E-state index contributed by atoms with van der Waals surface area (Å²) in [4.78, 5) is 0. The smallest absolute Gasteiger partial charge is 0.194 e. The van der Waals surface area contributed by atoms with Crippen molar-refractivity contribution in [2.24, 2.45) is 5.92 Å². The zero-order chi connectivity index (χ0) is 22.0. The molecule has 0 radical (unpaired) electrons. The molecule has 31 heavy (non-hydrogen) atoms. The monoisotopic (exact) mass is 430 g/mol. The fourth-order valence-corrected chi connectivity index (χ4v) is 5.24. The zero-order valence-corrected chi connectivity index (χ0v) is 18.1. The van der Waals surface area contributed by atoms with Gasteiger partial charge in [-0.2, -0.15) is 0 Å². The molecule has 0 saturated heterocycles. The van der Waals surface area contributed by atoms with Crippen molar-refractivity contribution in [1.82, 2.24) is 0 Å². The van der Waals surface area contributed by atoms with E-state index in [1.54, 1.807) is 0 Å². The predicted molar refractivity (Wildman–Crippen MR) is 117 cm³/mol. The fourth-order valence-electron chi connectivity index (χ4n) is 5.24. The van der Waals surface area contributed by atoms with Crippen LogP contribution in [0.4, 0.5) is 17.6 Å². The van der Waals surface area contributed by atoms with E-state index in [9.17, 15) is 17.6 Å². The first-order valence-electron chi connectivity index (χ1n) is 11.6. The van der Waals surface area contributed by atoms with Crippen molar-refractivity contribution in [3.05, 3.63) is 76.1 Å². The molecule has 2 aromatic rings. The van der Waals surface area contributed by atoms with Crippen LogP contribution in [0.3, 0.4) is 0 Å². The molecule has 4 rings (SSSR count). The minimum Gasteiger partial charge on any atom is -0.247 e. The third-order valence-electron chi connectivity index (χ3n) is 7.10. The van der Waals surface area contributed by atoms with Gasteiger partial charge in [-0.1, -0.05) is 62.9 Å².